The molecular formula is C22H43NO2. The van der Waals surface area contributed by atoms with Gasteiger partial charge in [-0.1, -0.05) is 83.8 Å². The number of carbonyl (C=O) groups excluding carboxylic acids is 1. The zero-order valence-electron chi connectivity index (χ0n) is 16.8. The molecule has 0 fully saturated rings. The molecule has 0 spiro atoms. The Bertz CT molecular complexity index is 324. The van der Waals surface area contributed by atoms with Crippen molar-refractivity contribution in [1.29, 1.82) is 0 Å². The van der Waals surface area contributed by atoms with E-state index in [1.165, 1.54) is 64.2 Å². The molecule has 0 aliphatic heterocycles. The fourth-order valence-electron chi connectivity index (χ4n) is 3.41. The minimum Gasteiger partial charge on any atom is -0.396 e. The third-order valence-corrected chi connectivity index (χ3v) is 5.22. The first-order valence-corrected chi connectivity index (χ1v) is 10.7. The molecule has 0 aromatic heterocycles. The van der Waals surface area contributed by atoms with Gasteiger partial charge in [-0.25, -0.2) is 0 Å². The third-order valence-electron chi connectivity index (χ3n) is 5.22. The van der Waals surface area contributed by atoms with E-state index >= 15 is 0 Å². The lowest BCUT2D eigenvalue weighted by Gasteiger charge is -2.21. The molecule has 0 bridgehead atoms. The van der Waals surface area contributed by atoms with E-state index < -0.39 is 0 Å². The van der Waals surface area contributed by atoms with Crippen molar-refractivity contribution >= 4 is 5.91 Å². The fraction of sp³-hybridized carbons (Fsp3) is 0.864. The zero-order valence-corrected chi connectivity index (χ0v) is 16.8. The average molecular weight is 354 g/mol. The summed E-state index contributed by atoms with van der Waals surface area (Å²) >= 11 is 0. The lowest BCUT2D eigenvalue weighted by molar-refractivity contribution is -0.124. The van der Waals surface area contributed by atoms with Crippen LogP contribution in [0.1, 0.15) is 104 Å². The van der Waals surface area contributed by atoms with Gasteiger partial charge in [-0.2, -0.15) is 0 Å². The molecule has 25 heavy (non-hydrogen) atoms. The summed E-state index contributed by atoms with van der Waals surface area (Å²) in [4.78, 5) is 11.5. The van der Waals surface area contributed by atoms with Crippen LogP contribution in [-0.4, -0.2) is 17.6 Å². The number of aliphatic hydroxyl groups excluding tert-OH is 1. The maximum Gasteiger partial charge on any atom is 0.220 e. The monoisotopic (exact) mass is 353 g/mol. The molecular weight excluding hydrogens is 310 g/mol. The van der Waals surface area contributed by atoms with Gasteiger partial charge in [-0.05, 0) is 38.0 Å². The van der Waals surface area contributed by atoms with Gasteiger partial charge in [0, 0.05) is 12.5 Å². The van der Waals surface area contributed by atoms with Gasteiger partial charge in [0.25, 0.3) is 0 Å². The highest BCUT2D eigenvalue weighted by Gasteiger charge is 2.23. The molecule has 3 heteroatoms. The van der Waals surface area contributed by atoms with Gasteiger partial charge in [0.2, 0.25) is 5.91 Å². The van der Waals surface area contributed by atoms with Crippen molar-refractivity contribution in [3.05, 3.63) is 12.2 Å². The van der Waals surface area contributed by atoms with E-state index in [0.29, 0.717) is 0 Å². The molecule has 0 aromatic carbocycles. The maximum atomic E-state index is 11.5. The number of hydrogen-bond acceptors (Lipinski definition) is 2. The normalized spacial score (nSPS) is 14.0. The summed E-state index contributed by atoms with van der Waals surface area (Å²) < 4.78 is 0. The minimum absolute atomic E-state index is 0.0300. The van der Waals surface area contributed by atoms with Crippen LogP contribution in [0.2, 0.25) is 0 Å². The van der Waals surface area contributed by atoms with Gasteiger partial charge in [0.1, 0.15) is 0 Å². The first kappa shape index (κ1) is 24.2. The summed E-state index contributed by atoms with van der Waals surface area (Å²) in [5.41, 5.74) is 5.48. The van der Waals surface area contributed by atoms with E-state index in [2.05, 4.69) is 19.1 Å². The van der Waals surface area contributed by atoms with Gasteiger partial charge >= 0.3 is 0 Å². The van der Waals surface area contributed by atoms with E-state index in [4.69, 9.17) is 5.73 Å². The number of hydrogen-bond donors (Lipinski definition) is 2. The van der Waals surface area contributed by atoms with Gasteiger partial charge < -0.3 is 10.8 Å². The summed E-state index contributed by atoms with van der Waals surface area (Å²) in [6, 6.07) is 0. The lowest BCUT2D eigenvalue weighted by Crippen LogP contribution is -2.31. The van der Waals surface area contributed by atoms with Gasteiger partial charge in [-0.15, -0.1) is 0 Å². The molecule has 0 saturated carbocycles. The number of aliphatic hydroxyl groups is 1. The lowest BCUT2D eigenvalue weighted by atomic mass is 9.86. The zero-order chi connectivity index (χ0) is 18.8. The number of unbranched alkanes of at least 4 members (excludes halogenated alkanes) is 10. The van der Waals surface area contributed by atoms with E-state index in [0.717, 1.165) is 25.7 Å². The second kappa shape index (κ2) is 18.0. The predicted molar refractivity (Wildman–Crippen MR) is 108 cm³/mol. The highest BCUT2D eigenvalue weighted by atomic mass is 16.3. The molecule has 0 aliphatic carbocycles. The molecule has 2 atom stereocenters. The van der Waals surface area contributed by atoms with Gasteiger partial charge in [-0.3, -0.25) is 4.79 Å². The van der Waals surface area contributed by atoms with Crippen LogP contribution >= 0.6 is 0 Å². The number of primary amides is 1. The molecule has 0 radical (unpaired) electrons. The Balaban J connectivity index is 3.53. The fourth-order valence-corrected chi connectivity index (χ4v) is 3.41. The Morgan fingerprint density at radius 2 is 1.40 bits per heavy atom. The number of allylic oxidation sites excluding steroid dienone is 2. The SMILES string of the molecule is CCCCCCCCC=CCCCCCCC(C(N)=O)C(CC)CO. The number of rotatable bonds is 18. The number of carbonyl (C=O) groups is 1. The molecule has 148 valence electrons. The van der Waals surface area contributed by atoms with Crippen LogP contribution in [0, 0.1) is 11.8 Å². The second-order valence-electron chi connectivity index (χ2n) is 7.38. The summed E-state index contributed by atoms with van der Waals surface area (Å²) in [5, 5.41) is 9.35. The van der Waals surface area contributed by atoms with Crippen LogP contribution in [0.3, 0.4) is 0 Å². The van der Waals surface area contributed by atoms with Gasteiger partial charge in [0.05, 0.1) is 0 Å². The van der Waals surface area contributed by atoms with Crippen molar-refractivity contribution in [2.75, 3.05) is 6.61 Å². The van der Waals surface area contributed by atoms with E-state index in [1.807, 2.05) is 6.92 Å². The Labute approximate surface area is 156 Å². The molecule has 0 aliphatic rings. The molecule has 1 amide bonds. The molecule has 3 N–H and O–H groups in total. The van der Waals surface area contributed by atoms with Crippen LogP contribution in [0.25, 0.3) is 0 Å². The Morgan fingerprint density at radius 3 is 1.88 bits per heavy atom. The standard InChI is InChI=1S/C22H43NO2/c1-3-5-6-7-8-9-10-11-12-13-14-15-16-17-18-21(22(23)25)20(4-2)19-24/h11-12,20-21,24H,3-10,13-19H2,1-2H3,(H2,23,25). The van der Waals surface area contributed by atoms with E-state index in [-0.39, 0.29) is 24.3 Å². The van der Waals surface area contributed by atoms with Crippen LogP contribution in [-0.2, 0) is 4.79 Å². The van der Waals surface area contributed by atoms with Crippen LogP contribution < -0.4 is 5.73 Å². The predicted octanol–water partition coefficient (Wildman–Crippen LogP) is 5.75. The second-order valence-corrected chi connectivity index (χ2v) is 7.38. The van der Waals surface area contributed by atoms with E-state index in [9.17, 15) is 9.90 Å². The summed E-state index contributed by atoms with van der Waals surface area (Å²) in [6.07, 6.45) is 21.5. The van der Waals surface area contributed by atoms with Crippen LogP contribution in [0.15, 0.2) is 12.2 Å². The highest BCUT2D eigenvalue weighted by Crippen LogP contribution is 2.22. The number of amides is 1. The smallest absolute Gasteiger partial charge is 0.220 e. The van der Waals surface area contributed by atoms with Crippen LogP contribution in [0.5, 0.6) is 0 Å². The van der Waals surface area contributed by atoms with E-state index in [1.54, 1.807) is 0 Å². The van der Waals surface area contributed by atoms with Crippen molar-refractivity contribution in [2.24, 2.45) is 17.6 Å². The van der Waals surface area contributed by atoms with Crippen LogP contribution in [0.4, 0.5) is 0 Å². The topological polar surface area (TPSA) is 63.3 Å². The summed E-state index contributed by atoms with van der Waals surface area (Å²) in [6.45, 7) is 4.33. The van der Waals surface area contributed by atoms with Crippen molar-refractivity contribution < 1.29 is 9.90 Å². The Kier molecular flexibility index (Phi) is 17.4. The van der Waals surface area contributed by atoms with Crippen molar-refractivity contribution in [2.45, 2.75) is 104 Å². The molecule has 0 heterocycles. The molecule has 2 unspecified atom stereocenters. The number of nitrogens with two attached hydrogens (primary N) is 1. The summed E-state index contributed by atoms with van der Waals surface area (Å²) in [5.74, 6) is -0.381. The first-order valence-electron chi connectivity index (χ1n) is 10.7. The molecule has 3 nitrogen and oxygen atoms in total. The maximum absolute atomic E-state index is 11.5. The average Bonchev–Trinajstić information content (AvgIpc) is 2.61. The van der Waals surface area contributed by atoms with Gasteiger partial charge in [0.15, 0.2) is 0 Å². The summed E-state index contributed by atoms with van der Waals surface area (Å²) in [7, 11) is 0. The largest absolute Gasteiger partial charge is 0.396 e. The highest BCUT2D eigenvalue weighted by molar-refractivity contribution is 5.76. The van der Waals surface area contributed by atoms with Crippen molar-refractivity contribution in [3.63, 3.8) is 0 Å². The third kappa shape index (κ3) is 14.1. The molecule has 0 rings (SSSR count). The quantitative estimate of drug-likeness (QED) is 0.243. The Hall–Kier alpha value is -0.830. The Morgan fingerprint density at radius 1 is 0.880 bits per heavy atom. The first-order chi connectivity index (χ1) is 12.2. The van der Waals surface area contributed by atoms with Crippen molar-refractivity contribution in [3.8, 4) is 0 Å². The van der Waals surface area contributed by atoms with Crippen molar-refractivity contribution in [1.82, 2.24) is 0 Å². The minimum atomic E-state index is -0.251. The molecule has 0 saturated heterocycles. The molecule has 0 aromatic rings.